The van der Waals surface area contributed by atoms with E-state index in [-0.39, 0.29) is 5.91 Å². The number of rotatable bonds is 3. The SMILES string of the molecule is CC(C)=CCNC(=O)c1ccc2[nH]c(C)c(C)c2c1. The standard InChI is InChI=1S/C16H20N2O/c1-10(2)7-8-17-16(19)13-5-6-15-14(9-13)11(3)12(4)18-15/h5-7,9,18H,8H2,1-4H3,(H,17,19). The normalized spacial score (nSPS) is 10.5. The number of carbonyl (C=O) groups excluding carboxylic acids is 1. The molecule has 2 rings (SSSR count). The molecule has 0 aliphatic heterocycles. The molecule has 3 nitrogen and oxygen atoms in total. The summed E-state index contributed by atoms with van der Waals surface area (Å²) in [5.74, 6) is -0.0300. The minimum Gasteiger partial charge on any atom is -0.358 e. The van der Waals surface area contributed by atoms with Crippen molar-refractivity contribution in [2.45, 2.75) is 27.7 Å². The Kier molecular flexibility index (Phi) is 3.74. The van der Waals surface area contributed by atoms with Crippen molar-refractivity contribution in [1.29, 1.82) is 0 Å². The smallest absolute Gasteiger partial charge is 0.251 e. The largest absolute Gasteiger partial charge is 0.358 e. The van der Waals surface area contributed by atoms with Crippen molar-refractivity contribution >= 4 is 16.8 Å². The number of allylic oxidation sites excluding steroid dienone is 1. The molecule has 0 unspecified atom stereocenters. The highest BCUT2D eigenvalue weighted by Crippen LogP contribution is 2.22. The summed E-state index contributed by atoms with van der Waals surface area (Å²) in [6.07, 6.45) is 2.00. The lowest BCUT2D eigenvalue weighted by molar-refractivity contribution is 0.0958. The van der Waals surface area contributed by atoms with E-state index in [9.17, 15) is 4.79 Å². The van der Waals surface area contributed by atoms with Crippen LogP contribution >= 0.6 is 0 Å². The third-order valence-electron chi connectivity index (χ3n) is 3.34. The van der Waals surface area contributed by atoms with Crippen molar-refractivity contribution < 1.29 is 4.79 Å². The van der Waals surface area contributed by atoms with Gasteiger partial charge in [-0.25, -0.2) is 0 Å². The van der Waals surface area contributed by atoms with Gasteiger partial charge in [-0.1, -0.05) is 11.6 Å². The van der Waals surface area contributed by atoms with E-state index in [0.717, 1.165) is 16.6 Å². The summed E-state index contributed by atoms with van der Waals surface area (Å²) in [6, 6.07) is 5.77. The number of benzene rings is 1. The number of nitrogens with one attached hydrogen (secondary N) is 2. The van der Waals surface area contributed by atoms with E-state index < -0.39 is 0 Å². The Balaban J connectivity index is 2.23. The van der Waals surface area contributed by atoms with E-state index in [0.29, 0.717) is 12.1 Å². The number of fused-ring (bicyclic) bond motifs is 1. The fourth-order valence-corrected chi connectivity index (χ4v) is 2.05. The van der Waals surface area contributed by atoms with E-state index in [1.807, 2.05) is 45.0 Å². The van der Waals surface area contributed by atoms with Crippen molar-refractivity contribution in [3.63, 3.8) is 0 Å². The summed E-state index contributed by atoms with van der Waals surface area (Å²) in [7, 11) is 0. The van der Waals surface area contributed by atoms with Crippen molar-refractivity contribution in [1.82, 2.24) is 10.3 Å². The first-order valence-corrected chi connectivity index (χ1v) is 6.49. The Bertz CT molecular complexity index is 646. The molecule has 1 amide bonds. The van der Waals surface area contributed by atoms with Gasteiger partial charge in [0.25, 0.3) is 5.91 Å². The Morgan fingerprint density at radius 1 is 1.32 bits per heavy atom. The van der Waals surface area contributed by atoms with Crippen molar-refractivity contribution in [3.05, 3.63) is 46.7 Å². The first-order chi connectivity index (χ1) is 8.99. The van der Waals surface area contributed by atoms with E-state index >= 15 is 0 Å². The lowest BCUT2D eigenvalue weighted by Crippen LogP contribution is -2.23. The summed E-state index contributed by atoms with van der Waals surface area (Å²) in [6.45, 7) is 8.72. The van der Waals surface area contributed by atoms with Crippen LogP contribution in [0.25, 0.3) is 10.9 Å². The Morgan fingerprint density at radius 2 is 2.05 bits per heavy atom. The van der Waals surface area contributed by atoms with Gasteiger partial charge in [0.15, 0.2) is 0 Å². The van der Waals surface area contributed by atoms with Crippen LogP contribution in [0, 0.1) is 13.8 Å². The van der Waals surface area contributed by atoms with Crippen molar-refractivity contribution in [2.24, 2.45) is 0 Å². The van der Waals surface area contributed by atoms with Gasteiger partial charge in [-0.3, -0.25) is 4.79 Å². The second kappa shape index (κ2) is 5.31. The summed E-state index contributed by atoms with van der Waals surface area (Å²) in [5.41, 5.74) is 5.34. The zero-order chi connectivity index (χ0) is 14.0. The first kappa shape index (κ1) is 13.4. The van der Waals surface area contributed by atoms with Gasteiger partial charge in [0, 0.05) is 28.7 Å². The van der Waals surface area contributed by atoms with E-state index in [2.05, 4.69) is 17.2 Å². The number of aromatic nitrogens is 1. The fourth-order valence-electron chi connectivity index (χ4n) is 2.05. The van der Waals surface area contributed by atoms with E-state index in [1.165, 1.54) is 11.1 Å². The Morgan fingerprint density at radius 3 is 2.74 bits per heavy atom. The third-order valence-corrected chi connectivity index (χ3v) is 3.34. The molecule has 0 aliphatic rings. The van der Waals surface area contributed by atoms with Gasteiger partial charge in [0.1, 0.15) is 0 Å². The number of aromatic amines is 1. The topological polar surface area (TPSA) is 44.9 Å². The lowest BCUT2D eigenvalue weighted by atomic mass is 10.1. The molecule has 0 atom stereocenters. The van der Waals surface area contributed by atoms with Crippen LogP contribution in [0.4, 0.5) is 0 Å². The highest BCUT2D eigenvalue weighted by Gasteiger charge is 2.09. The van der Waals surface area contributed by atoms with Gasteiger partial charge in [0.05, 0.1) is 0 Å². The predicted molar refractivity (Wildman–Crippen MR) is 79.5 cm³/mol. The molecule has 3 heteroatoms. The first-order valence-electron chi connectivity index (χ1n) is 6.49. The van der Waals surface area contributed by atoms with Gasteiger partial charge in [-0.2, -0.15) is 0 Å². The van der Waals surface area contributed by atoms with Crippen LogP contribution in [-0.2, 0) is 0 Å². The lowest BCUT2D eigenvalue weighted by Gasteiger charge is -2.03. The molecule has 0 bridgehead atoms. The second-order valence-corrected chi connectivity index (χ2v) is 5.13. The summed E-state index contributed by atoms with van der Waals surface area (Å²) in [4.78, 5) is 15.3. The number of carbonyl (C=O) groups is 1. The molecule has 0 aliphatic carbocycles. The molecule has 1 aromatic heterocycles. The second-order valence-electron chi connectivity index (χ2n) is 5.13. The quantitative estimate of drug-likeness (QED) is 0.811. The summed E-state index contributed by atoms with van der Waals surface area (Å²) in [5, 5.41) is 4.01. The molecule has 100 valence electrons. The predicted octanol–water partition coefficient (Wildman–Crippen LogP) is 3.48. The monoisotopic (exact) mass is 256 g/mol. The average Bonchev–Trinajstić information content (AvgIpc) is 2.64. The minimum absolute atomic E-state index is 0.0300. The molecular weight excluding hydrogens is 236 g/mol. The molecule has 0 spiro atoms. The maximum absolute atomic E-state index is 12.0. The van der Waals surface area contributed by atoms with Crippen LogP contribution in [0.2, 0.25) is 0 Å². The van der Waals surface area contributed by atoms with Gasteiger partial charge in [-0.15, -0.1) is 0 Å². The molecule has 1 heterocycles. The molecular formula is C16H20N2O. The van der Waals surface area contributed by atoms with Gasteiger partial charge in [0.2, 0.25) is 0 Å². The highest BCUT2D eigenvalue weighted by molar-refractivity contribution is 5.99. The number of hydrogen-bond donors (Lipinski definition) is 2. The van der Waals surface area contributed by atoms with Crippen LogP contribution < -0.4 is 5.32 Å². The average molecular weight is 256 g/mol. The summed E-state index contributed by atoms with van der Waals surface area (Å²) < 4.78 is 0. The molecule has 1 aromatic carbocycles. The van der Waals surface area contributed by atoms with Gasteiger partial charge in [-0.05, 0) is 51.5 Å². The molecule has 0 fully saturated rings. The van der Waals surface area contributed by atoms with E-state index in [4.69, 9.17) is 0 Å². The third kappa shape index (κ3) is 2.87. The summed E-state index contributed by atoms with van der Waals surface area (Å²) >= 11 is 0. The van der Waals surface area contributed by atoms with Crippen LogP contribution in [0.5, 0.6) is 0 Å². The van der Waals surface area contributed by atoms with Crippen LogP contribution in [0.1, 0.15) is 35.5 Å². The van der Waals surface area contributed by atoms with Gasteiger partial charge < -0.3 is 10.3 Å². The molecule has 0 saturated heterocycles. The number of H-pyrrole nitrogens is 1. The Labute approximate surface area is 113 Å². The fraction of sp³-hybridized carbons (Fsp3) is 0.312. The zero-order valence-corrected chi connectivity index (χ0v) is 11.9. The maximum Gasteiger partial charge on any atom is 0.251 e. The van der Waals surface area contributed by atoms with Crippen LogP contribution in [0.15, 0.2) is 29.8 Å². The maximum atomic E-state index is 12.0. The van der Waals surface area contributed by atoms with Gasteiger partial charge >= 0.3 is 0 Å². The number of aryl methyl sites for hydroxylation is 2. The van der Waals surface area contributed by atoms with Crippen LogP contribution in [0.3, 0.4) is 0 Å². The minimum atomic E-state index is -0.0300. The Hall–Kier alpha value is -2.03. The molecule has 0 radical (unpaired) electrons. The van der Waals surface area contributed by atoms with Crippen LogP contribution in [-0.4, -0.2) is 17.4 Å². The number of hydrogen-bond acceptors (Lipinski definition) is 1. The molecule has 2 N–H and O–H groups in total. The van der Waals surface area contributed by atoms with Crippen molar-refractivity contribution in [3.8, 4) is 0 Å². The van der Waals surface area contributed by atoms with Crippen molar-refractivity contribution in [2.75, 3.05) is 6.54 Å². The zero-order valence-electron chi connectivity index (χ0n) is 11.9. The molecule has 19 heavy (non-hydrogen) atoms. The molecule has 2 aromatic rings. The van der Waals surface area contributed by atoms with E-state index in [1.54, 1.807) is 0 Å². The highest BCUT2D eigenvalue weighted by atomic mass is 16.1. The molecule has 0 saturated carbocycles. The number of amides is 1.